The maximum atomic E-state index is 5.52. The van der Waals surface area contributed by atoms with E-state index in [9.17, 15) is 0 Å². The molecule has 1 heterocycles. The van der Waals surface area contributed by atoms with Gasteiger partial charge in [0.15, 0.2) is 0 Å². The van der Waals surface area contributed by atoms with Crippen LogP contribution < -0.4 is 5.32 Å². The molecule has 0 saturated carbocycles. The first-order chi connectivity index (χ1) is 5.61. The van der Waals surface area contributed by atoms with Crippen molar-refractivity contribution in [3.05, 3.63) is 0 Å². The molecule has 1 rings (SSSR count). The van der Waals surface area contributed by atoms with Gasteiger partial charge in [-0.25, -0.2) is 0 Å². The highest BCUT2D eigenvalue weighted by Gasteiger charge is 2.39. The number of hydrogen-bond acceptors (Lipinski definition) is 2. The van der Waals surface area contributed by atoms with Crippen LogP contribution in [-0.2, 0) is 4.74 Å². The Morgan fingerprint density at radius 3 is 2.58 bits per heavy atom. The topological polar surface area (TPSA) is 21.3 Å². The Morgan fingerprint density at radius 1 is 1.58 bits per heavy atom. The van der Waals surface area contributed by atoms with Gasteiger partial charge < -0.3 is 10.1 Å². The lowest BCUT2D eigenvalue weighted by molar-refractivity contribution is 0.166. The molecule has 0 aromatic heterocycles. The number of rotatable bonds is 3. The molecule has 0 aliphatic carbocycles. The first kappa shape index (κ1) is 10.0. The zero-order valence-corrected chi connectivity index (χ0v) is 8.68. The minimum absolute atomic E-state index is 0.351. The standard InChI is InChI=1S/C10H21NO/c1-5-9(11-4)8-6-12-7-10(8,2)3/h8-9,11H,5-7H2,1-4H3. The van der Waals surface area contributed by atoms with Crippen LogP contribution >= 0.6 is 0 Å². The van der Waals surface area contributed by atoms with Crippen molar-refractivity contribution in [3.8, 4) is 0 Å². The molecule has 12 heavy (non-hydrogen) atoms. The molecule has 0 spiro atoms. The zero-order valence-electron chi connectivity index (χ0n) is 8.68. The van der Waals surface area contributed by atoms with Crippen LogP contribution in [0.3, 0.4) is 0 Å². The normalized spacial score (nSPS) is 30.5. The van der Waals surface area contributed by atoms with Crippen molar-refractivity contribution in [2.45, 2.75) is 33.2 Å². The summed E-state index contributed by atoms with van der Waals surface area (Å²) in [5.74, 6) is 0.674. The van der Waals surface area contributed by atoms with Crippen molar-refractivity contribution >= 4 is 0 Å². The molecule has 1 fully saturated rings. The predicted octanol–water partition coefficient (Wildman–Crippen LogP) is 1.66. The van der Waals surface area contributed by atoms with E-state index in [0.717, 1.165) is 13.2 Å². The van der Waals surface area contributed by atoms with E-state index in [-0.39, 0.29) is 0 Å². The predicted molar refractivity (Wildman–Crippen MR) is 51.2 cm³/mol. The zero-order chi connectivity index (χ0) is 9.19. The first-order valence-corrected chi connectivity index (χ1v) is 4.87. The minimum atomic E-state index is 0.351. The van der Waals surface area contributed by atoms with Crippen LogP contribution in [-0.4, -0.2) is 26.3 Å². The fourth-order valence-corrected chi connectivity index (χ4v) is 2.13. The molecule has 1 aliphatic heterocycles. The smallest absolute Gasteiger partial charge is 0.0521 e. The van der Waals surface area contributed by atoms with Gasteiger partial charge in [-0.2, -0.15) is 0 Å². The van der Waals surface area contributed by atoms with E-state index >= 15 is 0 Å². The Hall–Kier alpha value is -0.0800. The Morgan fingerprint density at radius 2 is 2.25 bits per heavy atom. The van der Waals surface area contributed by atoms with Crippen molar-refractivity contribution in [3.63, 3.8) is 0 Å². The van der Waals surface area contributed by atoms with E-state index in [0.29, 0.717) is 17.4 Å². The summed E-state index contributed by atoms with van der Waals surface area (Å²) in [6.07, 6.45) is 1.19. The Kier molecular flexibility index (Phi) is 3.13. The van der Waals surface area contributed by atoms with Crippen LogP contribution in [0.1, 0.15) is 27.2 Å². The number of ether oxygens (including phenoxy) is 1. The van der Waals surface area contributed by atoms with Crippen molar-refractivity contribution in [2.75, 3.05) is 20.3 Å². The number of nitrogens with one attached hydrogen (secondary N) is 1. The third-order valence-corrected chi connectivity index (χ3v) is 3.07. The Bertz CT molecular complexity index is 141. The van der Waals surface area contributed by atoms with E-state index in [2.05, 4.69) is 26.1 Å². The molecule has 0 radical (unpaired) electrons. The molecule has 0 aromatic carbocycles. The maximum absolute atomic E-state index is 5.52. The van der Waals surface area contributed by atoms with Gasteiger partial charge in [0.25, 0.3) is 0 Å². The average Bonchev–Trinajstić information content (AvgIpc) is 2.34. The van der Waals surface area contributed by atoms with Crippen molar-refractivity contribution < 1.29 is 4.74 Å². The Balaban J connectivity index is 2.60. The van der Waals surface area contributed by atoms with Crippen molar-refractivity contribution in [1.82, 2.24) is 5.32 Å². The lowest BCUT2D eigenvalue weighted by Gasteiger charge is -2.31. The second-order valence-electron chi connectivity index (χ2n) is 4.41. The fraction of sp³-hybridized carbons (Fsp3) is 1.00. The highest BCUT2D eigenvalue weighted by molar-refractivity contribution is 4.89. The third-order valence-electron chi connectivity index (χ3n) is 3.07. The highest BCUT2D eigenvalue weighted by Crippen LogP contribution is 2.36. The van der Waals surface area contributed by atoms with Gasteiger partial charge >= 0.3 is 0 Å². The van der Waals surface area contributed by atoms with Gasteiger partial charge in [-0.15, -0.1) is 0 Å². The minimum Gasteiger partial charge on any atom is -0.381 e. The quantitative estimate of drug-likeness (QED) is 0.697. The second kappa shape index (κ2) is 3.75. The van der Waals surface area contributed by atoms with Gasteiger partial charge in [0.2, 0.25) is 0 Å². The lowest BCUT2D eigenvalue weighted by Crippen LogP contribution is -2.40. The summed E-state index contributed by atoms with van der Waals surface area (Å²) in [4.78, 5) is 0. The summed E-state index contributed by atoms with van der Waals surface area (Å²) >= 11 is 0. The van der Waals surface area contributed by atoms with Gasteiger partial charge in [0, 0.05) is 12.0 Å². The molecule has 1 aliphatic rings. The molecule has 72 valence electrons. The van der Waals surface area contributed by atoms with Crippen LogP contribution in [0.5, 0.6) is 0 Å². The fourth-order valence-electron chi connectivity index (χ4n) is 2.13. The third kappa shape index (κ3) is 1.80. The summed E-state index contributed by atoms with van der Waals surface area (Å²) in [6, 6.07) is 0.613. The first-order valence-electron chi connectivity index (χ1n) is 4.87. The van der Waals surface area contributed by atoms with Gasteiger partial charge in [-0.05, 0) is 18.9 Å². The van der Waals surface area contributed by atoms with Crippen LogP contribution in [0.2, 0.25) is 0 Å². The van der Waals surface area contributed by atoms with E-state index in [1.54, 1.807) is 0 Å². The van der Waals surface area contributed by atoms with E-state index in [1.165, 1.54) is 6.42 Å². The summed E-state index contributed by atoms with van der Waals surface area (Å²) < 4.78 is 5.52. The monoisotopic (exact) mass is 171 g/mol. The molecule has 0 amide bonds. The van der Waals surface area contributed by atoms with Gasteiger partial charge in [0.1, 0.15) is 0 Å². The van der Waals surface area contributed by atoms with Crippen LogP contribution in [0.25, 0.3) is 0 Å². The van der Waals surface area contributed by atoms with E-state index in [4.69, 9.17) is 4.74 Å². The van der Waals surface area contributed by atoms with E-state index < -0.39 is 0 Å². The van der Waals surface area contributed by atoms with Crippen molar-refractivity contribution in [2.24, 2.45) is 11.3 Å². The molecular weight excluding hydrogens is 150 g/mol. The summed E-state index contributed by atoms with van der Waals surface area (Å²) in [7, 11) is 2.04. The summed E-state index contributed by atoms with van der Waals surface area (Å²) in [5.41, 5.74) is 0.351. The molecule has 0 bridgehead atoms. The molecule has 2 heteroatoms. The van der Waals surface area contributed by atoms with Gasteiger partial charge in [-0.1, -0.05) is 20.8 Å². The maximum Gasteiger partial charge on any atom is 0.0521 e. The van der Waals surface area contributed by atoms with Gasteiger partial charge in [-0.3, -0.25) is 0 Å². The van der Waals surface area contributed by atoms with E-state index in [1.807, 2.05) is 7.05 Å². The molecule has 2 atom stereocenters. The molecule has 1 saturated heterocycles. The second-order valence-corrected chi connectivity index (χ2v) is 4.41. The molecular formula is C10H21NO. The molecule has 0 aromatic rings. The lowest BCUT2D eigenvalue weighted by atomic mass is 9.77. The van der Waals surface area contributed by atoms with Crippen LogP contribution in [0.15, 0.2) is 0 Å². The average molecular weight is 171 g/mol. The van der Waals surface area contributed by atoms with Crippen molar-refractivity contribution in [1.29, 1.82) is 0 Å². The molecule has 2 unspecified atom stereocenters. The Labute approximate surface area is 75.7 Å². The molecule has 1 N–H and O–H groups in total. The SMILES string of the molecule is CCC(NC)C1COCC1(C)C. The largest absolute Gasteiger partial charge is 0.381 e. The summed E-state index contributed by atoms with van der Waals surface area (Å²) in [6.45, 7) is 8.66. The highest BCUT2D eigenvalue weighted by atomic mass is 16.5. The van der Waals surface area contributed by atoms with Gasteiger partial charge in [0.05, 0.1) is 13.2 Å². The number of hydrogen-bond donors (Lipinski definition) is 1. The van der Waals surface area contributed by atoms with Crippen LogP contribution in [0, 0.1) is 11.3 Å². The molecule has 2 nitrogen and oxygen atoms in total. The summed E-state index contributed by atoms with van der Waals surface area (Å²) in [5, 5.41) is 3.37. The van der Waals surface area contributed by atoms with Crippen LogP contribution in [0.4, 0.5) is 0 Å².